The van der Waals surface area contributed by atoms with Crippen molar-refractivity contribution in [2.75, 3.05) is 17.7 Å². The summed E-state index contributed by atoms with van der Waals surface area (Å²) < 4.78 is 1.83. The Morgan fingerprint density at radius 2 is 1.79 bits per heavy atom. The van der Waals surface area contributed by atoms with Crippen LogP contribution in [0.4, 0.5) is 17.1 Å². The number of hydrogen-bond acceptors (Lipinski definition) is 4. The first-order valence-electron chi connectivity index (χ1n) is 8.51. The number of fused-ring (bicyclic) bond motifs is 1. The largest absolute Gasteiger partial charge is 0.399 e. The number of hydrogen-bond donors (Lipinski definition) is 1. The Hall–Kier alpha value is -4.18. The number of rotatable bonds is 3. The molecule has 0 unspecified atom stereocenters. The Morgan fingerprint density at radius 1 is 1.07 bits per heavy atom. The summed E-state index contributed by atoms with van der Waals surface area (Å²) in [5, 5.41) is 0. The number of amides is 1. The predicted molar refractivity (Wildman–Crippen MR) is 108 cm³/mol. The van der Waals surface area contributed by atoms with E-state index in [2.05, 4.69) is 14.8 Å². The molecule has 0 saturated carbocycles. The Morgan fingerprint density at radius 3 is 2.46 bits per heavy atom. The maximum absolute atomic E-state index is 12.9. The van der Waals surface area contributed by atoms with Gasteiger partial charge in [-0.05, 0) is 24.3 Å². The third-order valence-corrected chi connectivity index (χ3v) is 4.49. The number of anilines is 2. The molecule has 0 bridgehead atoms. The van der Waals surface area contributed by atoms with E-state index in [-0.39, 0.29) is 5.91 Å². The second kappa shape index (κ2) is 6.85. The highest BCUT2D eigenvalue weighted by Gasteiger charge is 2.17. The molecule has 1 amide bonds. The number of nitrogens with two attached hydrogens (primary N) is 1. The summed E-state index contributed by atoms with van der Waals surface area (Å²) in [6, 6.07) is 14.3. The molecule has 0 radical (unpaired) electrons. The van der Waals surface area contributed by atoms with Gasteiger partial charge < -0.3 is 10.6 Å². The Labute approximate surface area is 161 Å². The molecule has 0 aliphatic rings. The van der Waals surface area contributed by atoms with Gasteiger partial charge in [0.05, 0.1) is 24.7 Å². The van der Waals surface area contributed by atoms with Gasteiger partial charge in [-0.2, -0.15) is 0 Å². The third-order valence-electron chi connectivity index (χ3n) is 4.49. The Balaban J connectivity index is 1.70. The molecule has 136 valence electrons. The highest BCUT2D eigenvalue weighted by Crippen LogP contribution is 2.23. The van der Waals surface area contributed by atoms with Crippen molar-refractivity contribution < 1.29 is 4.79 Å². The maximum Gasteiger partial charge on any atom is 0.278 e. The van der Waals surface area contributed by atoms with Crippen molar-refractivity contribution in [2.24, 2.45) is 0 Å². The van der Waals surface area contributed by atoms with Crippen LogP contribution < -0.4 is 10.6 Å². The van der Waals surface area contributed by atoms with Crippen molar-refractivity contribution in [3.8, 4) is 11.3 Å². The smallest absolute Gasteiger partial charge is 0.278 e. The first kappa shape index (κ1) is 17.2. The van der Waals surface area contributed by atoms with Gasteiger partial charge in [0.25, 0.3) is 5.91 Å². The van der Waals surface area contributed by atoms with Gasteiger partial charge in [0.1, 0.15) is 5.69 Å². The lowest BCUT2D eigenvalue weighted by Crippen LogP contribution is -2.27. The minimum absolute atomic E-state index is 0.255. The maximum atomic E-state index is 12.9. The van der Waals surface area contributed by atoms with Crippen LogP contribution in [-0.4, -0.2) is 27.3 Å². The van der Waals surface area contributed by atoms with Crippen molar-refractivity contribution in [1.29, 1.82) is 0 Å². The molecule has 0 fully saturated rings. The minimum atomic E-state index is -0.255. The fourth-order valence-corrected chi connectivity index (χ4v) is 2.91. The standard InChI is InChI=1S/C21H16N6O/c1-23-16-7-9-17(10-8-16)26(2)21(28)18-13-27-19(11-25-20(27)12-24-18)14-3-5-15(22)6-4-14/h3-13H,22H2,2H3. The zero-order valence-corrected chi connectivity index (χ0v) is 15.1. The number of imidazole rings is 1. The second-order valence-corrected chi connectivity index (χ2v) is 6.26. The van der Waals surface area contributed by atoms with Crippen LogP contribution in [0.1, 0.15) is 10.5 Å². The molecular formula is C21H16N6O. The minimum Gasteiger partial charge on any atom is -0.399 e. The SMILES string of the molecule is [C-]#[N+]c1ccc(N(C)C(=O)c2cn3c(-c4ccc(N)cc4)cnc3cn2)cc1. The number of aromatic nitrogens is 3. The van der Waals surface area contributed by atoms with Crippen molar-refractivity contribution in [2.45, 2.75) is 0 Å². The molecular weight excluding hydrogens is 352 g/mol. The molecule has 7 heteroatoms. The van der Waals surface area contributed by atoms with Crippen molar-refractivity contribution in [3.63, 3.8) is 0 Å². The Bertz CT molecular complexity index is 1200. The van der Waals surface area contributed by atoms with Gasteiger partial charge in [-0.1, -0.05) is 24.3 Å². The van der Waals surface area contributed by atoms with E-state index in [1.807, 2.05) is 28.7 Å². The van der Waals surface area contributed by atoms with Crippen molar-refractivity contribution in [1.82, 2.24) is 14.4 Å². The summed E-state index contributed by atoms with van der Waals surface area (Å²) in [7, 11) is 1.68. The van der Waals surface area contributed by atoms with Gasteiger partial charge in [0.15, 0.2) is 11.3 Å². The van der Waals surface area contributed by atoms with Crippen LogP contribution in [0.5, 0.6) is 0 Å². The molecule has 0 saturated heterocycles. The molecule has 2 N–H and O–H groups in total. The van der Waals surface area contributed by atoms with Crippen LogP contribution in [0.3, 0.4) is 0 Å². The van der Waals surface area contributed by atoms with Gasteiger partial charge in [-0.15, -0.1) is 0 Å². The van der Waals surface area contributed by atoms with E-state index in [9.17, 15) is 4.79 Å². The molecule has 2 heterocycles. The van der Waals surface area contributed by atoms with E-state index < -0.39 is 0 Å². The fourth-order valence-electron chi connectivity index (χ4n) is 2.91. The molecule has 4 aromatic rings. The van der Waals surface area contributed by atoms with Gasteiger partial charge in [0, 0.05) is 30.2 Å². The number of carbonyl (C=O) groups excluding carboxylic acids is 1. The molecule has 0 aliphatic heterocycles. The topological polar surface area (TPSA) is 80.9 Å². The van der Waals surface area contributed by atoms with Crippen LogP contribution in [0, 0.1) is 6.57 Å². The normalized spacial score (nSPS) is 10.6. The van der Waals surface area contributed by atoms with Crippen molar-refractivity contribution in [3.05, 3.63) is 84.2 Å². The Kier molecular flexibility index (Phi) is 4.22. The van der Waals surface area contributed by atoms with Crippen LogP contribution in [0.2, 0.25) is 0 Å². The third kappa shape index (κ3) is 3.04. The summed E-state index contributed by atoms with van der Waals surface area (Å²) in [6.45, 7) is 7.02. The number of nitrogen functional groups attached to an aromatic ring is 1. The average molecular weight is 368 g/mol. The van der Waals surface area contributed by atoms with E-state index in [1.54, 1.807) is 49.9 Å². The van der Waals surface area contributed by atoms with Crippen LogP contribution in [0.25, 0.3) is 21.7 Å². The van der Waals surface area contributed by atoms with Gasteiger partial charge in [0.2, 0.25) is 0 Å². The van der Waals surface area contributed by atoms with E-state index in [0.717, 1.165) is 11.3 Å². The zero-order chi connectivity index (χ0) is 19.7. The molecule has 2 aromatic heterocycles. The van der Waals surface area contributed by atoms with Crippen LogP contribution >= 0.6 is 0 Å². The molecule has 4 rings (SSSR count). The van der Waals surface area contributed by atoms with Crippen LogP contribution in [0.15, 0.2) is 67.1 Å². The quantitative estimate of drug-likeness (QED) is 0.440. The van der Waals surface area contributed by atoms with Gasteiger partial charge in [-0.3, -0.25) is 9.20 Å². The summed E-state index contributed by atoms with van der Waals surface area (Å²) in [5.41, 5.74) is 10.4. The van der Waals surface area contributed by atoms with Gasteiger partial charge >= 0.3 is 0 Å². The molecule has 0 aliphatic carbocycles. The van der Waals surface area contributed by atoms with E-state index in [0.29, 0.717) is 28.4 Å². The summed E-state index contributed by atoms with van der Waals surface area (Å²) in [4.78, 5) is 26.4. The lowest BCUT2D eigenvalue weighted by Gasteiger charge is -2.17. The highest BCUT2D eigenvalue weighted by atomic mass is 16.2. The molecule has 2 aromatic carbocycles. The molecule has 7 nitrogen and oxygen atoms in total. The lowest BCUT2D eigenvalue weighted by atomic mass is 10.1. The number of benzene rings is 2. The average Bonchev–Trinajstić information content (AvgIpc) is 3.16. The van der Waals surface area contributed by atoms with Crippen molar-refractivity contribution >= 4 is 28.6 Å². The first-order valence-corrected chi connectivity index (χ1v) is 8.51. The second-order valence-electron chi connectivity index (χ2n) is 6.26. The lowest BCUT2D eigenvalue weighted by molar-refractivity contribution is 0.0988. The highest BCUT2D eigenvalue weighted by molar-refractivity contribution is 6.04. The number of carbonyl (C=O) groups is 1. The summed E-state index contributed by atoms with van der Waals surface area (Å²) >= 11 is 0. The zero-order valence-electron chi connectivity index (χ0n) is 15.1. The van der Waals surface area contributed by atoms with E-state index >= 15 is 0 Å². The molecule has 0 atom stereocenters. The summed E-state index contributed by atoms with van der Waals surface area (Å²) in [5.74, 6) is -0.255. The molecule has 28 heavy (non-hydrogen) atoms. The number of nitrogens with zero attached hydrogens (tertiary/aromatic N) is 5. The van der Waals surface area contributed by atoms with E-state index in [1.165, 1.54) is 4.90 Å². The fraction of sp³-hybridized carbons (Fsp3) is 0.0476. The van der Waals surface area contributed by atoms with Crippen LogP contribution in [-0.2, 0) is 0 Å². The van der Waals surface area contributed by atoms with E-state index in [4.69, 9.17) is 12.3 Å². The molecule has 0 spiro atoms. The summed E-state index contributed by atoms with van der Waals surface area (Å²) in [6.07, 6.45) is 4.99. The monoisotopic (exact) mass is 368 g/mol. The van der Waals surface area contributed by atoms with Gasteiger partial charge in [-0.25, -0.2) is 14.8 Å². The predicted octanol–water partition coefficient (Wildman–Crippen LogP) is 3.81. The first-order chi connectivity index (χ1) is 13.6.